The Kier molecular flexibility index (Phi) is 5.58. The highest BCUT2D eigenvalue weighted by Gasteiger charge is 2.33. The molecule has 0 fully saturated rings. The summed E-state index contributed by atoms with van der Waals surface area (Å²) < 4.78 is 11.1. The number of esters is 1. The molecule has 1 amide bonds. The number of fused-ring (bicyclic) bond motifs is 3. The zero-order chi connectivity index (χ0) is 23.1. The van der Waals surface area contributed by atoms with E-state index in [1.807, 2.05) is 25.1 Å². The third-order valence-corrected chi connectivity index (χ3v) is 7.49. The average Bonchev–Trinajstić information content (AvgIpc) is 3.17. The van der Waals surface area contributed by atoms with Crippen molar-refractivity contribution < 1.29 is 19.1 Å². The highest BCUT2D eigenvalue weighted by atomic mass is 32.1. The molecule has 2 unspecified atom stereocenters. The van der Waals surface area contributed by atoms with Gasteiger partial charge in [0.1, 0.15) is 11.2 Å². The molecule has 7 heteroatoms. The van der Waals surface area contributed by atoms with E-state index in [2.05, 4.69) is 17.6 Å². The van der Waals surface area contributed by atoms with Crippen LogP contribution in [-0.2, 0) is 12.8 Å². The minimum absolute atomic E-state index is 0.0466. The molecule has 2 atom stereocenters. The van der Waals surface area contributed by atoms with Crippen molar-refractivity contribution in [1.82, 2.24) is 5.32 Å². The lowest BCUT2D eigenvalue weighted by atomic mass is 9.88. The normalized spacial score (nSPS) is 19.1. The van der Waals surface area contributed by atoms with Crippen molar-refractivity contribution in [3.8, 4) is 11.5 Å². The van der Waals surface area contributed by atoms with Crippen LogP contribution in [0.4, 0.5) is 5.00 Å². The molecule has 2 aliphatic rings. The fraction of sp³-hybridized carbons (Fsp3) is 0.308. The summed E-state index contributed by atoms with van der Waals surface area (Å²) in [4.78, 5) is 26.8. The monoisotopic (exact) mass is 462 g/mol. The van der Waals surface area contributed by atoms with E-state index in [0.717, 1.165) is 41.0 Å². The quantitative estimate of drug-likeness (QED) is 0.408. The van der Waals surface area contributed by atoms with Gasteiger partial charge in [0, 0.05) is 4.88 Å². The summed E-state index contributed by atoms with van der Waals surface area (Å²) in [6, 6.07) is 12.5. The van der Waals surface area contributed by atoms with Crippen molar-refractivity contribution in [3.05, 3.63) is 75.2 Å². The Balaban J connectivity index is 1.38. The zero-order valence-corrected chi connectivity index (χ0v) is 19.7. The van der Waals surface area contributed by atoms with Crippen molar-refractivity contribution in [2.45, 2.75) is 39.3 Å². The Morgan fingerprint density at radius 2 is 1.88 bits per heavy atom. The van der Waals surface area contributed by atoms with E-state index in [1.165, 1.54) is 17.6 Å². The Morgan fingerprint density at radius 3 is 2.64 bits per heavy atom. The van der Waals surface area contributed by atoms with E-state index in [4.69, 9.17) is 9.47 Å². The first-order valence-corrected chi connectivity index (χ1v) is 11.9. The molecule has 0 saturated heterocycles. The Morgan fingerprint density at radius 1 is 1.09 bits per heavy atom. The first-order valence-electron chi connectivity index (χ1n) is 11.1. The van der Waals surface area contributed by atoms with Gasteiger partial charge in [0.2, 0.25) is 0 Å². The van der Waals surface area contributed by atoms with Gasteiger partial charge < -0.3 is 20.1 Å². The Bertz CT molecular complexity index is 1230. The lowest BCUT2D eigenvalue weighted by Crippen LogP contribution is -2.38. The summed E-state index contributed by atoms with van der Waals surface area (Å²) in [6.45, 7) is 4.22. The molecule has 170 valence electrons. The molecule has 2 N–H and O–H groups in total. The molecular weight excluding hydrogens is 436 g/mol. The maximum atomic E-state index is 13.0. The van der Waals surface area contributed by atoms with Crippen molar-refractivity contribution in [2.24, 2.45) is 5.92 Å². The van der Waals surface area contributed by atoms with E-state index in [0.29, 0.717) is 23.0 Å². The van der Waals surface area contributed by atoms with Gasteiger partial charge in [-0.2, -0.15) is 0 Å². The maximum Gasteiger partial charge on any atom is 0.343 e. The predicted octanol–water partition coefficient (Wildman–Crippen LogP) is 5.26. The molecule has 5 rings (SSSR count). The van der Waals surface area contributed by atoms with Gasteiger partial charge in [0.25, 0.3) is 5.91 Å². The number of anilines is 1. The van der Waals surface area contributed by atoms with Gasteiger partial charge >= 0.3 is 5.97 Å². The van der Waals surface area contributed by atoms with Crippen LogP contribution in [0.15, 0.2) is 42.5 Å². The van der Waals surface area contributed by atoms with Crippen molar-refractivity contribution in [2.75, 3.05) is 12.4 Å². The number of nitrogens with one attached hydrogen (secondary N) is 2. The van der Waals surface area contributed by atoms with Gasteiger partial charge in [-0.25, -0.2) is 4.79 Å². The summed E-state index contributed by atoms with van der Waals surface area (Å²) in [7, 11) is 1.53. The lowest BCUT2D eigenvalue weighted by molar-refractivity contribution is 0.0729. The summed E-state index contributed by atoms with van der Waals surface area (Å²) in [5.41, 5.74) is 4.36. The van der Waals surface area contributed by atoms with Gasteiger partial charge in [-0.1, -0.05) is 30.7 Å². The molecule has 0 saturated carbocycles. The molecule has 6 nitrogen and oxygen atoms in total. The minimum atomic E-state index is -0.451. The second kappa shape index (κ2) is 8.56. The molecule has 2 aromatic carbocycles. The van der Waals surface area contributed by atoms with Crippen LogP contribution in [0.1, 0.15) is 61.8 Å². The van der Waals surface area contributed by atoms with E-state index in [-0.39, 0.29) is 5.91 Å². The van der Waals surface area contributed by atoms with Crippen LogP contribution >= 0.6 is 11.3 Å². The fourth-order valence-electron chi connectivity index (χ4n) is 4.43. The van der Waals surface area contributed by atoms with Crippen LogP contribution in [0, 0.1) is 12.8 Å². The molecule has 1 aromatic heterocycles. The van der Waals surface area contributed by atoms with E-state index >= 15 is 0 Å². The molecule has 2 heterocycles. The predicted molar refractivity (Wildman–Crippen MR) is 128 cm³/mol. The number of amides is 1. The van der Waals surface area contributed by atoms with Gasteiger partial charge in [-0.3, -0.25) is 4.79 Å². The number of methoxy groups -OCH3 is 1. The number of ether oxygens (including phenoxy) is 2. The second-order valence-corrected chi connectivity index (χ2v) is 9.88. The van der Waals surface area contributed by atoms with Crippen LogP contribution < -0.4 is 20.1 Å². The molecule has 1 aliphatic heterocycles. The molecule has 3 aromatic rings. The van der Waals surface area contributed by atoms with Crippen molar-refractivity contribution >= 4 is 28.2 Å². The highest BCUT2D eigenvalue weighted by molar-refractivity contribution is 7.16. The number of carbonyl (C=O) groups is 2. The summed E-state index contributed by atoms with van der Waals surface area (Å²) in [6.07, 6.45) is 2.71. The van der Waals surface area contributed by atoms with Crippen LogP contribution in [0.25, 0.3) is 0 Å². The number of rotatable bonds is 4. The number of hydrogen-bond acceptors (Lipinski definition) is 6. The molecule has 1 aliphatic carbocycles. The van der Waals surface area contributed by atoms with Crippen molar-refractivity contribution in [3.63, 3.8) is 0 Å². The van der Waals surface area contributed by atoms with Gasteiger partial charge in [0.15, 0.2) is 11.5 Å². The number of hydrogen-bond donors (Lipinski definition) is 2. The third kappa shape index (κ3) is 4.09. The molecule has 33 heavy (non-hydrogen) atoms. The van der Waals surface area contributed by atoms with Gasteiger partial charge in [0.05, 0.1) is 18.2 Å². The Labute approximate surface area is 196 Å². The largest absolute Gasteiger partial charge is 0.493 e. The molecule has 0 bridgehead atoms. The number of aryl methyl sites for hydroxylation is 1. The first-order chi connectivity index (χ1) is 15.9. The van der Waals surface area contributed by atoms with E-state index in [1.54, 1.807) is 35.6 Å². The minimum Gasteiger partial charge on any atom is -0.493 e. The van der Waals surface area contributed by atoms with Gasteiger partial charge in [-0.05, 0) is 67.5 Å². The van der Waals surface area contributed by atoms with E-state index < -0.39 is 12.1 Å². The SMILES string of the molecule is COc1cc(C2NC(=O)c3c(sc4c3CCC(C)C4)N2)ccc1OC(=O)c1ccc(C)cc1. The van der Waals surface area contributed by atoms with Crippen molar-refractivity contribution in [1.29, 1.82) is 0 Å². The topological polar surface area (TPSA) is 76.7 Å². The average molecular weight is 463 g/mol. The van der Waals surface area contributed by atoms with E-state index in [9.17, 15) is 9.59 Å². The number of carbonyl (C=O) groups excluding carboxylic acids is 2. The third-order valence-electron chi connectivity index (χ3n) is 6.30. The first kappa shape index (κ1) is 21.5. The lowest BCUT2D eigenvalue weighted by Gasteiger charge is -2.27. The summed E-state index contributed by atoms with van der Waals surface area (Å²) in [5.74, 6) is 0.906. The van der Waals surface area contributed by atoms with Crippen LogP contribution in [0.5, 0.6) is 11.5 Å². The Hall–Kier alpha value is -3.32. The molecular formula is C26H26N2O4S. The standard InChI is InChI=1S/C26H26N2O4S/c1-14-4-7-16(8-5-14)26(30)32-19-11-9-17(13-20(19)31-3)23-27-24(29)22-18-10-6-15(2)12-21(18)33-25(22)28-23/h4-5,7-9,11,13,15,23,28H,6,10,12H2,1-3H3,(H,27,29). The fourth-order valence-corrected chi connectivity index (χ4v) is 5.86. The van der Waals surface area contributed by atoms with Crippen LogP contribution in [-0.4, -0.2) is 19.0 Å². The van der Waals surface area contributed by atoms with Crippen LogP contribution in [0.3, 0.4) is 0 Å². The smallest absolute Gasteiger partial charge is 0.343 e. The zero-order valence-electron chi connectivity index (χ0n) is 18.9. The molecule has 0 radical (unpaired) electrons. The maximum absolute atomic E-state index is 13.0. The second-order valence-electron chi connectivity index (χ2n) is 8.77. The highest BCUT2D eigenvalue weighted by Crippen LogP contribution is 2.43. The van der Waals surface area contributed by atoms with Gasteiger partial charge in [-0.15, -0.1) is 11.3 Å². The summed E-state index contributed by atoms with van der Waals surface area (Å²) in [5, 5.41) is 7.48. The molecule has 0 spiro atoms. The number of thiophene rings is 1. The number of benzene rings is 2. The van der Waals surface area contributed by atoms with Crippen LogP contribution in [0.2, 0.25) is 0 Å². The summed E-state index contributed by atoms with van der Waals surface area (Å²) >= 11 is 1.69.